The lowest BCUT2D eigenvalue weighted by molar-refractivity contribution is 0.569. The highest BCUT2D eigenvalue weighted by molar-refractivity contribution is 5.90. The Morgan fingerprint density at radius 2 is 1.64 bits per heavy atom. The molecule has 142 valence electrons. The summed E-state index contributed by atoms with van der Waals surface area (Å²) in [6.45, 7) is 12.9. The van der Waals surface area contributed by atoms with Crippen LogP contribution in [-0.2, 0) is 5.41 Å². The first-order chi connectivity index (χ1) is 13.3. The quantitative estimate of drug-likeness (QED) is 0.454. The monoisotopic (exact) mass is 370 g/mol. The molecule has 0 radical (unpaired) electrons. The third kappa shape index (κ3) is 3.09. The molecule has 4 aromatic rings. The van der Waals surface area contributed by atoms with E-state index in [0.717, 1.165) is 28.1 Å². The summed E-state index contributed by atoms with van der Waals surface area (Å²) >= 11 is 0. The van der Waals surface area contributed by atoms with E-state index >= 15 is 0 Å². The second-order valence-corrected chi connectivity index (χ2v) is 8.55. The molecule has 0 aliphatic carbocycles. The van der Waals surface area contributed by atoms with Gasteiger partial charge in [-0.15, -0.1) is 0 Å². The van der Waals surface area contributed by atoms with Crippen molar-refractivity contribution in [2.24, 2.45) is 0 Å². The maximum atomic E-state index is 4.87. The van der Waals surface area contributed by atoms with Crippen molar-refractivity contribution in [1.82, 2.24) is 19.5 Å². The van der Waals surface area contributed by atoms with Gasteiger partial charge in [-0.2, -0.15) is 0 Å². The summed E-state index contributed by atoms with van der Waals surface area (Å²) in [5.41, 5.74) is 8.64. The smallest absolute Gasteiger partial charge is 0.146 e. The summed E-state index contributed by atoms with van der Waals surface area (Å²) in [7, 11) is 0. The van der Waals surface area contributed by atoms with Crippen LogP contribution in [-0.4, -0.2) is 19.5 Å². The standard InChI is InChI=1S/C24H26N4/c1-15-12-16(2)22(17(3)13-15)28-11-10-25-23(28)18-8-7-9-19-21(18)26-14-20(27-19)24(4,5)6/h7-14H,1-6H3. The van der Waals surface area contributed by atoms with Gasteiger partial charge in [0.25, 0.3) is 0 Å². The second kappa shape index (κ2) is 6.55. The van der Waals surface area contributed by atoms with Crippen LogP contribution in [0, 0.1) is 20.8 Å². The summed E-state index contributed by atoms with van der Waals surface area (Å²) < 4.78 is 2.16. The van der Waals surface area contributed by atoms with Gasteiger partial charge in [0.15, 0.2) is 0 Å². The molecule has 0 aliphatic heterocycles. The number of benzene rings is 2. The topological polar surface area (TPSA) is 43.6 Å². The molecule has 0 aliphatic rings. The van der Waals surface area contributed by atoms with E-state index in [1.54, 1.807) is 0 Å². The fourth-order valence-corrected chi connectivity index (χ4v) is 3.82. The zero-order valence-electron chi connectivity index (χ0n) is 17.4. The average Bonchev–Trinajstić information content (AvgIpc) is 3.08. The van der Waals surface area contributed by atoms with Crippen molar-refractivity contribution in [2.75, 3.05) is 0 Å². The molecule has 0 fully saturated rings. The minimum atomic E-state index is -0.0359. The molecule has 28 heavy (non-hydrogen) atoms. The summed E-state index contributed by atoms with van der Waals surface area (Å²) in [4.78, 5) is 14.3. The normalized spacial score (nSPS) is 11.9. The molecule has 0 bridgehead atoms. The van der Waals surface area contributed by atoms with Crippen molar-refractivity contribution in [2.45, 2.75) is 47.0 Å². The Labute approximate surface area is 166 Å². The maximum absolute atomic E-state index is 4.87. The largest absolute Gasteiger partial charge is 0.299 e. The lowest BCUT2D eigenvalue weighted by Crippen LogP contribution is -2.14. The lowest BCUT2D eigenvalue weighted by atomic mass is 9.92. The van der Waals surface area contributed by atoms with Crippen LogP contribution in [0.3, 0.4) is 0 Å². The zero-order chi connectivity index (χ0) is 20.1. The van der Waals surface area contributed by atoms with Crippen LogP contribution in [0.5, 0.6) is 0 Å². The highest BCUT2D eigenvalue weighted by atomic mass is 15.1. The number of para-hydroxylation sites is 1. The van der Waals surface area contributed by atoms with Gasteiger partial charge in [0.2, 0.25) is 0 Å². The molecular weight excluding hydrogens is 344 g/mol. The second-order valence-electron chi connectivity index (χ2n) is 8.55. The van der Waals surface area contributed by atoms with Crippen molar-refractivity contribution < 1.29 is 0 Å². The predicted molar refractivity (Wildman–Crippen MR) is 115 cm³/mol. The average molecular weight is 371 g/mol. The number of hydrogen-bond donors (Lipinski definition) is 0. The van der Waals surface area contributed by atoms with Gasteiger partial charge in [0.1, 0.15) is 5.82 Å². The number of fused-ring (bicyclic) bond motifs is 1. The van der Waals surface area contributed by atoms with Gasteiger partial charge < -0.3 is 0 Å². The number of rotatable bonds is 2. The Morgan fingerprint density at radius 3 is 2.32 bits per heavy atom. The first kappa shape index (κ1) is 18.4. The van der Waals surface area contributed by atoms with Gasteiger partial charge in [-0.05, 0) is 44.0 Å². The number of nitrogens with zero attached hydrogens (tertiary/aromatic N) is 4. The molecular formula is C24H26N4. The van der Waals surface area contributed by atoms with E-state index in [2.05, 4.69) is 69.3 Å². The molecule has 2 aromatic carbocycles. The van der Waals surface area contributed by atoms with Gasteiger partial charge >= 0.3 is 0 Å². The van der Waals surface area contributed by atoms with E-state index in [1.807, 2.05) is 30.7 Å². The Balaban J connectivity index is 1.93. The SMILES string of the molecule is Cc1cc(C)c(-n2ccnc2-c2cccc3nc(C(C)(C)C)cnc23)c(C)c1. The first-order valence-corrected chi connectivity index (χ1v) is 9.64. The highest BCUT2D eigenvalue weighted by Crippen LogP contribution is 2.31. The molecule has 2 heterocycles. The molecule has 0 amide bonds. The van der Waals surface area contributed by atoms with Crippen molar-refractivity contribution in [3.8, 4) is 17.1 Å². The van der Waals surface area contributed by atoms with E-state index < -0.39 is 0 Å². The molecule has 0 atom stereocenters. The van der Waals surface area contributed by atoms with Crippen LogP contribution in [0.25, 0.3) is 28.1 Å². The summed E-state index contributed by atoms with van der Waals surface area (Å²) in [6, 6.07) is 10.6. The molecule has 0 spiro atoms. The lowest BCUT2D eigenvalue weighted by Gasteiger charge is -2.18. The summed E-state index contributed by atoms with van der Waals surface area (Å²) in [6.07, 6.45) is 5.77. The Bertz CT molecular complexity index is 1160. The minimum absolute atomic E-state index is 0.0359. The molecule has 2 aromatic heterocycles. The first-order valence-electron chi connectivity index (χ1n) is 9.64. The molecule has 0 unspecified atom stereocenters. The Hall–Kier alpha value is -3.01. The molecule has 4 nitrogen and oxygen atoms in total. The summed E-state index contributed by atoms with van der Waals surface area (Å²) in [5.74, 6) is 0.887. The fourth-order valence-electron chi connectivity index (χ4n) is 3.82. The van der Waals surface area contributed by atoms with Crippen LogP contribution < -0.4 is 0 Å². The Morgan fingerprint density at radius 1 is 0.929 bits per heavy atom. The van der Waals surface area contributed by atoms with Crippen LogP contribution in [0.1, 0.15) is 43.2 Å². The van der Waals surface area contributed by atoms with Crippen LogP contribution in [0.2, 0.25) is 0 Å². The number of hydrogen-bond acceptors (Lipinski definition) is 3. The molecule has 0 saturated carbocycles. The van der Waals surface area contributed by atoms with Gasteiger partial charge in [-0.1, -0.05) is 44.5 Å². The van der Waals surface area contributed by atoms with Crippen molar-refractivity contribution >= 4 is 11.0 Å². The molecule has 4 rings (SSSR count). The van der Waals surface area contributed by atoms with Crippen molar-refractivity contribution in [3.05, 3.63) is 71.3 Å². The van der Waals surface area contributed by atoms with E-state index in [9.17, 15) is 0 Å². The zero-order valence-corrected chi connectivity index (χ0v) is 17.4. The fraction of sp³-hybridized carbons (Fsp3) is 0.292. The van der Waals surface area contributed by atoms with Crippen LogP contribution >= 0.6 is 0 Å². The van der Waals surface area contributed by atoms with E-state index in [0.29, 0.717) is 0 Å². The van der Waals surface area contributed by atoms with Crippen molar-refractivity contribution in [3.63, 3.8) is 0 Å². The number of aryl methyl sites for hydroxylation is 3. The number of aromatic nitrogens is 4. The van der Waals surface area contributed by atoms with Gasteiger partial charge in [-0.25, -0.2) is 9.97 Å². The minimum Gasteiger partial charge on any atom is -0.299 e. The predicted octanol–water partition coefficient (Wildman–Crippen LogP) is 5.71. The highest BCUT2D eigenvalue weighted by Gasteiger charge is 2.19. The van der Waals surface area contributed by atoms with Gasteiger partial charge in [0, 0.05) is 29.6 Å². The molecule has 4 heteroatoms. The van der Waals surface area contributed by atoms with Crippen LogP contribution in [0.15, 0.2) is 48.9 Å². The van der Waals surface area contributed by atoms with Gasteiger partial charge in [0.05, 0.1) is 22.4 Å². The summed E-state index contributed by atoms with van der Waals surface area (Å²) in [5, 5.41) is 0. The third-order valence-electron chi connectivity index (χ3n) is 5.10. The van der Waals surface area contributed by atoms with Crippen molar-refractivity contribution in [1.29, 1.82) is 0 Å². The number of imidazole rings is 1. The molecule has 0 saturated heterocycles. The maximum Gasteiger partial charge on any atom is 0.146 e. The van der Waals surface area contributed by atoms with Crippen LogP contribution in [0.4, 0.5) is 0 Å². The third-order valence-corrected chi connectivity index (χ3v) is 5.10. The van der Waals surface area contributed by atoms with E-state index in [4.69, 9.17) is 9.97 Å². The van der Waals surface area contributed by atoms with E-state index in [-0.39, 0.29) is 5.41 Å². The van der Waals surface area contributed by atoms with E-state index in [1.165, 1.54) is 22.4 Å². The van der Waals surface area contributed by atoms with Gasteiger partial charge in [-0.3, -0.25) is 9.55 Å². The Kier molecular flexibility index (Phi) is 4.30. The molecule has 0 N–H and O–H groups in total.